The number of thioether (sulfide) groups is 1. The number of ether oxygens (including phenoxy) is 1. The van der Waals surface area contributed by atoms with E-state index in [4.69, 9.17) is 10.00 Å². The van der Waals surface area contributed by atoms with Crippen LogP contribution in [-0.4, -0.2) is 39.6 Å². The number of hydrogen-bond acceptors (Lipinski definition) is 6. The number of benzene rings is 2. The van der Waals surface area contributed by atoms with Crippen molar-refractivity contribution in [1.82, 2.24) is 20.1 Å². The van der Waals surface area contributed by atoms with E-state index in [-0.39, 0.29) is 23.5 Å². The van der Waals surface area contributed by atoms with Crippen molar-refractivity contribution in [3.05, 3.63) is 54.1 Å². The van der Waals surface area contributed by atoms with Crippen molar-refractivity contribution < 1.29 is 9.53 Å². The first-order chi connectivity index (χ1) is 15.8. The van der Waals surface area contributed by atoms with E-state index in [1.165, 1.54) is 17.3 Å². The van der Waals surface area contributed by atoms with Crippen molar-refractivity contribution in [2.75, 3.05) is 18.9 Å². The summed E-state index contributed by atoms with van der Waals surface area (Å²) in [6.45, 7) is 9.43. The summed E-state index contributed by atoms with van der Waals surface area (Å²) in [5.41, 5.74) is 3.11. The zero-order valence-electron chi connectivity index (χ0n) is 19.5. The maximum atomic E-state index is 12.1. The Morgan fingerprint density at radius 1 is 1.12 bits per heavy atom. The molecule has 1 amide bonds. The predicted octanol–water partition coefficient (Wildman–Crippen LogP) is 4.75. The number of nitriles is 1. The van der Waals surface area contributed by atoms with E-state index in [2.05, 4.69) is 60.6 Å². The molecule has 0 spiro atoms. The van der Waals surface area contributed by atoms with Gasteiger partial charge in [-0.1, -0.05) is 56.8 Å². The predicted molar refractivity (Wildman–Crippen MR) is 131 cm³/mol. The average Bonchev–Trinajstić information content (AvgIpc) is 3.22. The van der Waals surface area contributed by atoms with Gasteiger partial charge in [-0.05, 0) is 42.2 Å². The summed E-state index contributed by atoms with van der Waals surface area (Å²) in [6.07, 6.45) is 0.285. The molecule has 0 saturated carbocycles. The van der Waals surface area contributed by atoms with Crippen molar-refractivity contribution in [1.29, 1.82) is 5.26 Å². The Morgan fingerprint density at radius 2 is 1.82 bits per heavy atom. The monoisotopic (exact) mass is 463 g/mol. The summed E-state index contributed by atoms with van der Waals surface area (Å²) >= 11 is 1.31. The second-order valence-corrected chi connectivity index (χ2v) is 9.39. The molecule has 0 saturated heterocycles. The van der Waals surface area contributed by atoms with Crippen LogP contribution in [0.2, 0.25) is 0 Å². The summed E-state index contributed by atoms with van der Waals surface area (Å²) < 4.78 is 7.53. The zero-order valence-corrected chi connectivity index (χ0v) is 20.3. The Morgan fingerprint density at radius 3 is 2.42 bits per heavy atom. The first-order valence-corrected chi connectivity index (χ1v) is 11.9. The molecule has 0 aliphatic heterocycles. The fourth-order valence-electron chi connectivity index (χ4n) is 3.20. The van der Waals surface area contributed by atoms with Crippen LogP contribution < -0.4 is 10.1 Å². The van der Waals surface area contributed by atoms with E-state index in [9.17, 15) is 4.79 Å². The Labute approximate surface area is 199 Å². The molecule has 3 aromatic rings. The first kappa shape index (κ1) is 24.3. The minimum Gasteiger partial charge on any atom is -0.494 e. The molecule has 1 heterocycles. The molecule has 0 atom stereocenters. The van der Waals surface area contributed by atoms with Gasteiger partial charge in [-0.2, -0.15) is 5.26 Å². The third-order valence-corrected chi connectivity index (χ3v) is 5.87. The zero-order chi connectivity index (χ0) is 23.8. The molecule has 0 radical (unpaired) electrons. The van der Waals surface area contributed by atoms with Crippen LogP contribution in [0.1, 0.15) is 39.7 Å². The molecule has 2 aromatic carbocycles. The molecule has 0 bridgehead atoms. The maximum absolute atomic E-state index is 12.1. The molecular formula is C25H29N5O2S. The number of carbonyl (C=O) groups is 1. The lowest BCUT2D eigenvalue weighted by Gasteiger charge is -2.19. The lowest BCUT2D eigenvalue weighted by Crippen LogP contribution is -2.26. The van der Waals surface area contributed by atoms with Crippen molar-refractivity contribution in [3.8, 4) is 28.9 Å². The third-order valence-electron chi connectivity index (χ3n) is 4.94. The molecule has 0 unspecified atom stereocenters. The lowest BCUT2D eigenvalue weighted by molar-refractivity contribution is -0.118. The van der Waals surface area contributed by atoms with Crippen LogP contribution in [0.25, 0.3) is 17.1 Å². The van der Waals surface area contributed by atoms with Gasteiger partial charge in [0, 0.05) is 17.8 Å². The van der Waals surface area contributed by atoms with E-state index >= 15 is 0 Å². The fraction of sp³-hybridized carbons (Fsp3) is 0.360. The standard InChI is InChI=1S/C25H29N5O2S/c1-5-32-21-13-11-20(12-14-21)30-23(18-7-9-19(10-8-18)25(2,3)4)28-29-24(30)33-17-22(31)27-16-6-15-26/h7-14H,5-6,16-17H2,1-4H3,(H,27,31). The fourth-order valence-corrected chi connectivity index (χ4v) is 3.98. The van der Waals surface area contributed by atoms with Gasteiger partial charge < -0.3 is 10.1 Å². The van der Waals surface area contributed by atoms with Crippen LogP contribution in [0.3, 0.4) is 0 Å². The molecule has 7 nitrogen and oxygen atoms in total. The lowest BCUT2D eigenvalue weighted by atomic mass is 9.87. The van der Waals surface area contributed by atoms with E-state index in [1.54, 1.807) is 0 Å². The number of nitrogens with zero attached hydrogens (tertiary/aromatic N) is 4. The second kappa shape index (κ2) is 11.0. The minimum absolute atomic E-state index is 0.0568. The molecule has 0 aliphatic rings. The highest BCUT2D eigenvalue weighted by Gasteiger charge is 2.19. The van der Waals surface area contributed by atoms with Gasteiger partial charge in [0.1, 0.15) is 5.75 Å². The molecule has 8 heteroatoms. The van der Waals surface area contributed by atoms with Gasteiger partial charge in [-0.15, -0.1) is 10.2 Å². The molecule has 1 aromatic heterocycles. The van der Waals surface area contributed by atoms with Crippen LogP contribution in [0, 0.1) is 11.3 Å². The topological polar surface area (TPSA) is 92.8 Å². The first-order valence-electron chi connectivity index (χ1n) is 10.9. The number of amides is 1. The van der Waals surface area contributed by atoms with Crippen LogP contribution in [-0.2, 0) is 10.2 Å². The average molecular weight is 464 g/mol. The van der Waals surface area contributed by atoms with E-state index in [0.717, 1.165) is 17.0 Å². The van der Waals surface area contributed by atoms with Crippen LogP contribution >= 0.6 is 11.8 Å². The summed E-state index contributed by atoms with van der Waals surface area (Å²) in [5, 5.41) is 20.8. The molecule has 0 aliphatic carbocycles. The SMILES string of the molecule is CCOc1ccc(-n2c(SCC(=O)NCCC#N)nnc2-c2ccc(C(C)(C)C)cc2)cc1. The van der Waals surface area contributed by atoms with Gasteiger partial charge in [-0.3, -0.25) is 9.36 Å². The van der Waals surface area contributed by atoms with Gasteiger partial charge in [0.05, 0.1) is 24.8 Å². The number of hydrogen-bond donors (Lipinski definition) is 1. The second-order valence-electron chi connectivity index (χ2n) is 8.44. The largest absolute Gasteiger partial charge is 0.494 e. The van der Waals surface area contributed by atoms with E-state index < -0.39 is 0 Å². The third kappa shape index (κ3) is 6.36. The summed E-state index contributed by atoms with van der Waals surface area (Å²) in [4.78, 5) is 12.1. The van der Waals surface area contributed by atoms with Crippen LogP contribution in [0.5, 0.6) is 5.75 Å². The Hall–Kier alpha value is -3.31. The Kier molecular flexibility index (Phi) is 8.12. The van der Waals surface area contributed by atoms with Crippen LogP contribution in [0.4, 0.5) is 0 Å². The van der Waals surface area contributed by atoms with Gasteiger partial charge in [-0.25, -0.2) is 0 Å². The number of aromatic nitrogens is 3. The molecule has 3 rings (SSSR count). The van der Waals surface area contributed by atoms with Crippen molar-refractivity contribution >= 4 is 17.7 Å². The van der Waals surface area contributed by atoms with E-state index in [0.29, 0.717) is 24.1 Å². The minimum atomic E-state index is -0.146. The van der Waals surface area contributed by atoms with E-state index in [1.807, 2.05) is 41.8 Å². The Balaban J connectivity index is 1.93. The van der Waals surface area contributed by atoms with Gasteiger partial charge in [0.15, 0.2) is 11.0 Å². The van der Waals surface area contributed by atoms with Gasteiger partial charge in [0.25, 0.3) is 0 Å². The van der Waals surface area contributed by atoms with Crippen molar-refractivity contribution in [3.63, 3.8) is 0 Å². The highest BCUT2D eigenvalue weighted by atomic mass is 32.2. The maximum Gasteiger partial charge on any atom is 0.230 e. The summed E-state index contributed by atoms with van der Waals surface area (Å²) in [5.74, 6) is 1.53. The molecule has 0 fully saturated rings. The quantitative estimate of drug-likeness (QED) is 0.364. The summed E-state index contributed by atoms with van der Waals surface area (Å²) in [6, 6.07) is 18.1. The number of carbonyl (C=O) groups excluding carboxylic acids is 1. The molecule has 33 heavy (non-hydrogen) atoms. The van der Waals surface area contributed by atoms with Gasteiger partial charge >= 0.3 is 0 Å². The summed E-state index contributed by atoms with van der Waals surface area (Å²) in [7, 11) is 0. The Bertz CT molecular complexity index is 1110. The molecule has 1 N–H and O–H groups in total. The smallest absolute Gasteiger partial charge is 0.230 e. The normalized spacial score (nSPS) is 11.1. The van der Waals surface area contributed by atoms with Crippen LogP contribution in [0.15, 0.2) is 53.7 Å². The number of rotatable bonds is 9. The highest BCUT2D eigenvalue weighted by molar-refractivity contribution is 7.99. The van der Waals surface area contributed by atoms with Crippen molar-refractivity contribution in [2.45, 2.75) is 44.7 Å². The number of nitrogens with one attached hydrogen (secondary N) is 1. The molecular weight excluding hydrogens is 434 g/mol. The van der Waals surface area contributed by atoms with Gasteiger partial charge in [0.2, 0.25) is 5.91 Å². The highest BCUT2D eigenvalue weighted by Crippen LogP contribution is 2.30. The van der Waals surface area contributed by atoms with Crippen molar-refractivity contribution in [2.24, 2.45) is 0 Å². The molecule has 172 valence electrons.